The molecule has 2 aromatic rings. The zero-order valence-corrected chi connectivity index (χ0v) is 18.6. The molecule has 0 radical (unpaired) electrons. The first-order valence-electron chi connectivity index (χ1n) is 10.6. The van der Waals surface area contributed by atoms with E-state index < -0.39 is 17.6 Å². The van der Waals surface area contributed by atoms with Gasteiger partial charge in [-0.25, -0.2) is 0 Å². The van der Waals surface area contributed by atoms with E-state index >= 15 is 0 Å². The first-order valence-corrected chi connectivity index (χ1v) is 10.6. The first-order chi connectivity index (χ1) is 15.0. The lowest BCUT2D eigenvalue weighted by atomic mass is 10.0. The normalized spacial score (nSPS) is 10.3. The first kappa shape index (κ1) is 23.9. The highest BCUT2D eigenvalue weighted by molar-refractivity contribution is 6.43. The van der Waals surface area contributed by atoms with Crippen LogP contribution >= 0.6 is 0 Å². The fourth-order valence-electron chi connectivity index (χ4n) is 2.96. The van der Waals surface area contributed by atoms with E-state index in [1.54, 1.807) is 38.1 Å². The number of carbonyl (C=O) groups is 3. The molecule has 0 spiro atoms. The molecule has 0 aliphatic heterocycles. The van der Waals surface area contributed by atoms with Crippen molar-refractivity contribution < 1.29 is 23.9 Å². The summed E-state index contributed by atoms with van der Waals surface area (Å²) in [5.74, 6) is -0.942. The zero-order chi connectivity index (χ0) is 22.8. The number of unbranched alkanes of at least 4 members (excludes halogenated alkanes) is 1. The zero-order valence-electron chi connectivity index (χ0n) is 18.6. The van der Waals surface area contributed by atoms with Gasteiger partial charge in [-0.15, -0.1) is 0 Å². The maximum Gasteiger partial charge on any atom is 0.295 e. The number of likely N-dealkylation sites (N-methyl/N-ethyl adjacent to an activating group) is 1. The number of ketones is 1. The van der Waals surface area contributed by atoms with E-state index in [0.29, 0.717) is 25.4 Å². The van der Waals surface area contributed by atoms with Gasteiger partial charge in [-0.2, -0.15) is 0 Å². The van der Waals surface area contributed by atoms with Gasteiger partial charge in [-0.1, -0.05) is 31.5 Å². The van der Waals surface area contributed by atoms with Crippen molar-refractivity contribution in [2.45, 2.75) is 33.6 Å². The Morgan fingerprint density at radius 3 is 2.26 bits per heavy atom. The SMILES string of the molecule is CCCCOc1cc(C(=O)NC)cc(C(=O)C(=O)N(CC)CC)c1Oc1ccccc1. The van der Waals surface area contributed by atoms with Gasteiger partial charge in [0.15, 0.2) is 11.5 Å². The molecular formula is C24H30N2O5. The summed E-state index contributed by atoms with van der Waals surface area (Å²) >= 11 is 0. The number of Topliss-reactive ketones (excluding diaryl/α,β-unsaturated/α-hetero) is 1. The van der Waals surface area contributed by atoms with E-state index in [1.807, 2.05) is 13.0 Å². The number of amides is 2. The van der Waals surface area contributed by atoms with Crippen LogP contribution < -0.4 is 14.8 Å². The minimum atomic E-state index is -0.749. The van der Waals surface area contributed by atoms with E-state index in [2.05, 4.69) is 5.32 Å². The number of carbonyl (C=O) groups excluding carboxylic acids is 3. The number of hydrogen-bond donors (Lipinski definition) is 1. The van der Waals surface area contributed by atoms with Crippen molar-refractivity contribution in [2.24, 2.45) is 0 Å². The molecule has 0 saturated carbocycles. The largest absolute Gasteiger partial charge is 0.490 e. The fraction of sp³-hybridized carbons (Fsp3) is 0.375. The second-order valence-electron chi connectivity index (χ2n) is 6.85. The van der Waals surface area contributed by atoms with Crippen molar-refractivity contribution in [3.8, 4) is 17.2 Å². The highest BCUT2D eigenvalue weighted by atomic mass is 16.5. The third-order valence-electron chi connectivity index (χ3n) is 4.75. The monoisotopic (exact) mass is 426 g/mol. The molecule has 7 nitrogen and oxygen atoms in total. The van der Waals surface area contributed by atoms with Crippen LogP contribution in [0.1, 0.15) is 54.3 Å². The second kappa shape index (κ2) is 11.7. The summed E-state index contributed by atoms with van der Waals surface area (Å²) < 4.78 is 11.9. The van der Waals surface area contributed by atoms with Crippen LogP contribution in [0.5, 0.6) is 17.2 Å². The van der Waals surface area contributed by atoms with E-state index in [1.165, 1.54) is 24.1 Å². The highest BCUT2D eigenvalue weighted by Gasteiger charge is 2.28. The summed E-state index contributed by atoms with van der Waals surface area (Å²) in [5, 5.41) is 2.54. The van der Waals surface area contributed by atoms with Gasteiger partial charge in [0, 0.05) is 25.7 Å². The van der Waals surface area contributed by atoms with Crippen LogP contribution in [0.25, 0.3) is 0 Å². The number of para-hydroxylation sites is 1. The Kier molecular flexibility index (Phi) is 9.06. The van der Waals surface area contributed by atoms with Crippen LogP contribution in [0.15, 0.2) is 42.5 Å². The van der Waals surface area contributed by atoms with Crippen LogP contribution in [0.2, 0.25) is 0 Å². The summed E-state index contributed by atoms with van der Waals surface area (Å²) in [6.45, 7) is 6.81. The number of nitrogens with zero attached hydrogens (tertiary/aromatic N) is 1. The van der Waals surface area contributed by atoms with Gasteiger partial charge >= 0.3 is 0 Å². The molecule has 7 heteroatoms. The van der Waals surface area contributed by atoms with Gasteiger partial charge in [0.05, 0.1) is 12.2 Å². The quantitative estimate of drug-likeness (QED) is 0.333. The van der Waals surface area contributed by atoms with Gasteiger partial charge in [-0.3, -0.25) is 14.4 Å². The van der Waals surface area contributed by atoms with Crippen LogP contribution in [0.3, 0.4) is 0 Å². The summed E-state index contributed by atoms with van der Waals surface area (Å²) in [7, 11) is 1.50. The predicted octanol–water partition coefficient (Wildman–Crippen LogP) is 4.07. The molecule has 1 N–H and O–H groups in total. The van der Waals surface area contributed by atoms with E-state index in [-0.39, 0.29) is 22.6 Å². The third kappa shape index (κ3) is 6.07. The average molecular weight is 427 g/mol. The van der Waals surface area contributed by atoms with Crippen molar-refractivity contribution in [1.82, 2.24) is 10.2 Å². The van der Waals surface area contributed by atoms with Crippen molar-refractivity contribution in [3.05, 3.63) is 53.6 Å². The number of hydrogen-bond acceptors (Lipinski definition) is 5. The highest BCUT2D eigenvalue weighted by Crippen LogP contribution is 2.37. The smallest absolute Gasteiger partial charge is 0.295 e. The van der Waals surface area contributed by atoms with Crippen LogP contribution in [-0.2, 0) is 4.79 Å². The Hall–Kier alpha value is -3.35. The summed E-state index contributed by atoms with van der Waals surface area (Å²) in [4.78, 5) is 39.8. The number of rotatable bonds is 11. The molecule has 2 amide bonds. The molecule has 0 heterocycles. The lowest BCUT2D eigenvalue weighted by Gasteiger charge is -2.20. The molecule has 0 aliphatic rings. The van der Waals surface area contributed by atoms with E-state index in [0.717, 1.165) is 12.8 Å². The van der Waals surface area contributed by atoms with Crippen molar-refractivity contribution in [3.63, 3.8) is 0 Å². The van der Waals surface area contributed by atoms with E-state index in [4.69, 9.17) is 9.47 Å². The minimum Gasteiger partial charge on any atom is -0.490 e. The summed E-state index contributed by atoms with van der Waals surface area (Å²) in [6.07, 6.45) is 1.70. The lowest BCUT2D eigenvalue weighted by Crippen LogP contribution is -2.36. The van der Waals surface area contributed by atoms with Crippen LogP contribution in [0, 0.1) is 0 Å². The van der Waals surface area contributed by atoms with Crippen molar-refractivity contribution in [1.29, 1.82) is 0 Å². The number of nitrogens with one attached hydrogen (secondary N) is 1. The standard InChI is InChI=1S/C24H30N2O5/c1-5-8-14-30-20-16-17(23(28)25-4)15-19(21(27)24(29)26(6-2)7-3)22(20)31-18-12-10-9-11-13-18/h9-13,15-16H,5-8,14H2,1-4H3,(H,25,28). The molecule has 2 rings (SSSR count). The molecule has 31 heavy (non-hydrogen) atoms. The topological polar surface area (TPSA) is 84.9 Å². The number of benzene rings is 2. The fourth-order valence-corrected chi connectivity index (χ4v) is 2.96. The molecule has 0 unspecified atom stereocenters. The van der Waals surface area contributed by atoms with Crippen LogP contribution in [0.4, 0.5) is 0 Å². The van der Waals surface area contributed by atoms with Crippen molar-refractivity contribution in [2.75, 3.05) is 26.7 Å². The van der Waals surface area contributed by atoms with Gasteiger partial charge in [0.25, 0.3) is 17.6 Å². The Labute approximate surface area is 183 Å². The maximum absolute atomic E-state index is 13.2. The lowest BCUT2D eigenvalue weighted by molar-refractivity contribution is -0.126. The Balaban J connectivity index is 2.63. The van der Waals surface area contributed by atoms with Gasteiger partial charge in [-0.05, 0) is 44.5 Å². The number of ether oxygens (including phenoxy) is 2. The molecular weight excluding hydrogens is 396 g/mol. The summed E-state index contributed by atoms with van der Waals surface area (Å²) in [6, 6.07) is 11.8. The second-order valence-corrected chi connectivity index (χ2v) is 6.85. The Morgan fingerprint density at radius 1 is 1.00 bits per heavy atom. The van der Waals surface area contributed by atoms with Gasteiger partial charge in [0.2, 0.25) is 0 Å². The molecule has 0 aliphatic carbocycles. The molecule has 0 aromatic heterocycles. The molecule has 2 aromatic carbocycles. The molecule has 166 valence electrons. The summed E-state index contributed by atoms with van der Waals surface area (Å²) in [5.41, 5.74) is 0.207. The Bertz CT molecular complexity index is 908. The molecule has 0 saturated heterocycles. The third-order valence-corrected chi connectivity index (χ3v) is 4.75. The van der Waals surface area contributed by atoms with Gasteiger partial charge in [0.1, 0.15) is 5.75 Å². The molecule has 0 atom stereocenters. The van der Waals surface area contributed by atoms with Gasteiger partial charge < -0.3 is 19.7 Å². The molecule has 0 bridgehead atoms. The van der Waals surface area contributed by atoms with Crippen molar-refractivity contribution >= 4 is 17.6 Å². The Morgan fingerprint density at radius 2 is 1.68 bits per heavy atom. The predicted molar refractivity (Wildman–Crippen MR) is 119 cm³/mol. The average Bonchev–Trinajstić information content (AvgIpc) is 2.80. The minimum absolute atomic E-state index is 0.00616. The van der Waals surface area contributed by atoms with E-state index in [9.17, 15) is 14.4 Å². The molecule has 0 fully saturated rings. The van der Waals surface area contributed by atoms with Crippen LogP contribution in [-0.4, -0.2) is 49.2 Å². The maximum atomic E-state index is 13.2.